The SMILES string of the molecule is Cc1ccc2nc(C(=O)c3ccccc3)c3cccn3c2c1. The Labute approximate surface area is 127 Å². The number of hydrogen-bond donors (Lipinski definition) is 0. The van der Waals surface area contributed by atoms with E-state index in [0.29, 0.717) is 11.3 Å². The lowest BCUT2D eigenvalue weighted by Crippen LogP contribution is -2.07. The fourth-order valence-corrected chi connectivity index (χ4v) is 2.78. The molecule has 2 aromatic carbocycles. The number of ketones is 1. The van der Waals surface area contributed by atoms with Crippen LogP contribution in [0.15, 0.2) is 66.9 Å². The summed E-state index contributed by atoms with van der Waals surface area (Å²) in [6, 6.07) is 19.2. The molecule has 2 aromatic heterocycles. The van der Waals surface area contributed by atoms with E-state index in [2.05, 4.69) is 18.0 Å². The van der Waals surface area contributed by atoms with Crippen molar-refractivity contribution in [1.82, 2.24) is 9.38 Å². The molecule has 0 saturated heterocycles. The van der Waals surface area contributed by atoms with E-state index in [0.717, 1.165) is 16.6 Å². The maximum Gasteiger partial charge on any atom is 0.213 e. The number of hydrogen-bond acceptors (Lipinski definition) is 2. The van der Waals surface area contributed by atoms with Crippen molar-refractivity contribution in [2.45, 2.75) is 6.92 Å². The molecule has 0 fully saturated rings. The van der Waals surface area contributed by atoms with Gasteiger partial charge in [-0.15, -0.1) is 0 Å². The molecular formula is C19H14N2O. The Bertz CT molecular complexity index is 1000. The number of rotatable bonds is 2. The van der Waals surface area contributed by atoms with Crippen molar-refractivity contribution >= 4 is 22.3 Å². The Balaban J connectivity index is 2.03. The molecule has 0 aliphatic rings. The second-order valence-corrected chi connectivity index (χ2v) is 5.41. The van der Waals surface area contributed by atoms with Crippen LogP contribution in [-0.2, 0) is 0 Å². The second kappa shape index (κ2) is 4.81. The number of benzene rings is 2. The molecular weight excluding hydrogens is 272 g/mol. The van der Waals surface area contributed by atoms with Gasteiger partial charge in [0.1, 0.15) is 5.69 Å². The van der Waals surface area contributed by atoms with Crippen LogP contribution in [0.5, 0.6) is 0 Å². The summed E-state index contributed by atoms with van der Waals surface area (Å²) in [4.78, 5) is 17.4. The highest BCUT2D eigenvalue weighted by Gasteiger charge is 2.16. The summed E-state index contributed by atoms with van der Waals surface area (Å²) in [6.45, 7) is 2.05. The predicted octanol–water partition coefficient (Wildman–Crippen LogP) is 4.03. The molecule has 0 spiro atoms. The van der Waals surface area contributed by atoms with Crippen molar-refractivity contribution in [3.05, 3.63) is 83.7 Å². The molecule has 0 bridgehead atoms. The Morgan fingerprint density at radius 2 is 1.77 bits per heavy atom. The Hall–Kier alpha value is -2.94. The van der Waals surface area contributed by atoms with Gasteiger partial charge in [0.05, 0.1) is 16.6 Å². The first-order valence-corrected chi connectivity index (χ1v) is 7.21. The third-order valence-electron chi connectivity index (χ3n) is 3.87. The number of aryl methyl sites for hydroxylation is 1. The highest BCUT2D eigenvalue weighted by atomic mass is 16.1. The summed E-state index contributed by atoms with van der Waals surface area (Å²) >= 11 is 0. The van der Waals surface area contributed by atoms with Crippen molar-refractivity contribution in [1.29, 1.82) is 0 Å². The van der Waals surface area contributed by atoms with E-state index in [1.54, 1.807) is 0 Å². The van der Waals surface area contributed by atoms with E-state index in [1.165, 1.54) is 5.56 Å². The zero-order valence-corrected chi connectivity index (χ0v) is 12.2. The van der Waals surface area contributed by atoms with Crippen molar-refractivity contribution in [2.24, 2.45) is 0 Å². The topological polar surface area (TPSA) is 34.4 Å². The van der Waals surface area contributed by atoms with E-state index in [9.17, 15) is 4.79 Å². The zero-order chi connectivity index (χ0) is 15.1. The molecule has 3 heteroatoms. The lowest BCUT2D eigenvalue weighted by molar-refractivity contribution is 0.103. The van der Waals surface area contributed by atoms with Gasteiger partial charge in [0.2, 0.25) is 5.78 Å². The Morgan fingerprint density at radius 1 is 0.955 bits per heavy atom. The molecule has 106 valence electrons. The monoisotopic (exact) mass is 286 g/mol. The Kier molecular flexibility index (Phi) is 2.79. The first kappa shape index (κ1) is 12.8. The number of carbonyl (C=O) groups is 1. The molecule has 0 amide bonds. The van der Waals surface area contributed by atoms with Crippen LogP contribution < -0.4 is 0 Å². The lowest BCUT2D eigenvalue weighted by atomic mass is 10.1. The van der Waals surface area contributed by atoms with Gasteiger partial charge in [-0.2, -0.15) is 0 Å². The van der Waals surface area contributed by atoms with E-state index >= 15 is 0 Å². The zero-order valence-electron chi connectivity index (χ0n) is 12.2. The van der Waals surface area contributed by atoms with Gasteiger partial charge < -0.3 is 4.40 Å². The summed E-state index contributed by atoms with van der Waals surface area (Å²) in [5.41, 5.74) is 5.01. The fourth-order valence-electron chi connectivity index (χ4n) is 2.78. The van der Waals surface area contributed by atoms with Crippen LogP contribution in [0, 0.1) is 6.92 Å². The highest BCUT2D eigenvalue weighted by Crippen LogP contribution is 2.22. The van der Waals surface area contributed by atoms with Gasteiger partial charge in [0, 0.05) is 11.8 Å². The molecule has 0 aliphatic carbocycles. The van der Waals surface area contributed by atoms with E-state index in [4.69, 9.17) is 0 Å². The Morgan fingerprint density at radius 3 is 2.59 bits per heavy atom. The molecule has 2 heterocycles. The van der Waals surface area contributed by atoms with Gasteiger partial charge in [-0.3, -0.25) is 4.79 Å². The van der Waals surface area contributed by atoms with Gasteiger partial charge >= 0.3 is 0 Å². The number of aromatic nitrogens is 2. The maximum atomic E-state index is 12.8. The van der Waals surface area contributed by atoms with Crippen LogP contribution in [-0.4, -0.2) is 15.2 Å². The number of carbonyl (C=O) groups excluding carboxylic acids is 1. The fraction of sp³-hybridized carbons (Fsp3) is 0.0526. The standard InChI is InChI=1S/C19H14N2O/c1-13-9-10-15-17(12-13)21-11-5-8-16(21)18(20-15)19(22)14-6-3-2-4-7-14/h2-12H,1H3. The predicted molar refractivity (Wildman–Crippen MR) is 87.3 cm³/mol. The molecule has 22 heavy (non-hydrogen) atoms. The molecule has 4 aromatic rings. The van der Waals surface area contributed by atoms with Crippen LogP contribution >= 0.6 is 0 Å². The quantitative estimate of drug-likeness (QED) is 0.521. The smallest absolute Gasteiger partial charge is 0.213 e. The van der Waals surface area contributed by atoms with E-state index in [-0.39, 0.29) is 5.78 Å². The van der Waals surface area contributed by atoms with E-state index in [1.807, 2.05) is 65.2 Å². The normalized spacial score (nSPS) is 11.1. The summed E-state index contributed by atoms with van der Waals surface area (Å²) in [5.74, 6) is -0.0493. The van der Waals surface area contributed by atoms with Gasteiger partial charge in [-0.05, 0) is 36.8 Å². The van der Waals surface area contributed by atoms with Gasteiger partial charge in [0.25, 0.3) is 0 Å². The minimum Gasteiger partial charge on any atom is -0.313 e. The maximum absolute atomic E-state index is 12.8. The molecule has 0 N–H and O–H groups in total. The van der Waals surface area contributed by atoms with Crippen LogP contribution in [0.25, 0.3) is 16.6 Å². The van der Waals surface area contributed by atoms with Crippen molar-refractivity contribution in [2.75, 3.05) is 0 Å². The average molecular weight is 286 g/mol. The molecule has 3 nitrogen and oxygen atoms in total. The van der Waals surface area contributed by atoms with Gasteiger partial charge in [-0.1, -0.05) is 36.4 Å². The minimum atomic E-state index is -0.0493. The first-order chi connectivity index (χ1) is 10.7. The lowest BCUT2D eigenvalue weighted by Gasteiger charge is -2.08. The first-order valence-electron chi connectivity index (χ1n) is 7.21. The molecule has 0 atom stereocenters. The van der Waals surface area contributed by atoms with Crippen molar-refractivity contribution in [3.63, 3.8) is 0 Å². The summed E-state index contributed by atoms with van der Waals surface area (Å²) in [5, 5.41) is 0. The average Bonchev–Trinajstić information content (AvgIpc) is 3.04. The van der Waals surface area contributed by atoms with Gasteiger partial charge in [0.15, 0.2) is 0 Å². The minimum absolute atomic E-state index is 0.0493. The highest BCUT2D eigenvalue weighted by molar-refractivity contribution is 6.12. The van der Waals surface area contributed by atoms with Crippen LogP contribution in [0.2, 0.25) is 0 Å². The summed E-state index contributed by atoms with van der Waals surface area (Å²) in [6.07, 6.45) is 1.97. The second-order valence-electron chi connectivity index (χ2n) is 5.41. The summed E-state index contributed by atoms with van der Waals surface area (Å²) in [7, 11) is 0. The largest absolute Gasteiger partial charge is 0.313 e. The molecule has 0 unspecified atom stereocenters. The van der Waals surface area contributed by atoms with Gasteiger partial charge in [-0.25, -0.2) is 4.98 Å². The third kappa shape index (κ3) is 1.91. The van der Waals surface area contributed by atoms with Crippen molar-refractivity contribution in [3.8, 4) is 0 Å². The molecule has 0 radical (unpaired) electrons. The molecule has 0 saturated carbocycles. The number of nitrogens with zero attached hydrogens (tertiary/aromatic N) is 2. The van der Waals surface area contributed by atoms with Crippen LogP contribution in [0.4, 0.5) is 0 Å². The van der Waals surface area contributed by atoms with E-state index < -0.39 is 0 Å². The molecule has 0 aliphatic heterocycles. The van der Waals surface area contributed by atoms with Crippen molar-refractivity contribution < 1.29 is 4.79 Å². The third-order valence-corrected chi connectivity index (χ3v) is 3.87. The van der Waals surface area contributed by atoms with Crippen LogP contribution in [0.1, 0.15) is 21.6 Å². The summed E-state index contributed by atoms with van der Waals surface area (Å²) < 4.78 is 2.03. The van der Waals surface area contributed by atoms with Crippen LogP contribution in [0.3, 0.4) is 0 Å². The molecule has 4 rings (SSSR count). The number of fused-ring (bicyclic) bond motifs is 3.